The number of halogens is 1. The van der Waals surface area contributed by atoms with Crippen molar-refractivity contribution in [2.45, 2.75) is 32.8 Å². The molecule has 0 spiro atoms. The molecule has 0 fully saturated rings. The molecule has 146 valence electrons. The van der Waals surface area contributed by atoms with Gasteiger partial charge in [-0.2, -0.15) is 0 Å². The van der Waals surface area contributed by atoms with Crippen LogP contribution in [0.3, 0.4) is 0 Å². The van der Waals surface area contributed by atoms with Gasteiger partial charge in [0, 0.05) is 6.20 Å². The quantitative estimate of drug-likeness (QED) is 0.663. The third kappa shape index (κ3) is 4.76. The van der Waals surface area contributed by atoms with E-state index in [9.17, 15) is 9.50 Å². The Bertz CT molecular complexity index is 900. The van der Waals surface area contributed by atoms with Crippen LogP contribution in [-0.2, 0) is 4.74 Å². The molecule has 0 amide bonds. The Morgan fingerprint density at radius 1 is 1.36 bits per heavy atom. The van der Waals surface area contributed by atoms with Crippen LogP contribution in [0.5, 0.6) is 5.75 Å². The number of ether oxygens (including phenoxy) is 1. The van der Waals surface area contributed by atoms with Gasteiger partial charge in [0.2, 0.25) is 0 Å². The van der Waals surface area contributed by atoms with Gasteiger partial charge < -0.3 is 9.84 Å². The van der Waals surface area contributed by atoms with Crippen molar-refractivity contribution in [1.29, 1.82) is 0 Å². The maximum absolute atomic E-state index is 13.7. The van der Waals surface area contributed by atoms with Gasteiger partial charge in [-0.05, 0) is 71.4 Å². The van der Waals surface area contributed by atoms with Crippen LogP contribution in [0.1, 0.15) is 37.9 Å². The fourth-order valence-electron chi connectivity index (χ4n) is 3.31. The number of benzene rings is 1. The van der Waals surface area contributed by atoms with Gasteiger partial charge in [0.1, 0.15) is 0 Å². The number of aromatic hydroxyl groups is 1. The van der Waals surface area contributed by atoms with E-state index in [1.165, 1.54) is 17.7 Å². The number of pyridine rings is 1. The van der Waals surface area contributed by atoms with Crippen molar-refractivity contribution in [3.8, 4) is 5.75 Å². The number of hydrogen-bond acceptors (Lipinski definition) is 3. The highest BCUT2D eigenvalue weighted by Crippen LogP contribution is 2.32. The van der Waals surface area contributed by atoms with E-state index >= 15 is 0 Å². The predicted octanol–water partition coefficient (Wildman–Crippen LogP) is 5.78. The number of aromatic nitrogens is 1. The van der Waals surface area contributed by atoms with Crippen molar-refractivity contribution >= 4 is 11.6 Å². The first-order chi connectivity index (χ1) is 13.5. The number of nitrogens with zero attached hydrogens (tertiary/aromatic N) is 1. The van der Waals surface area contributed by atoms with Crippen LogP contribution in [0.15, 0.2) is 66.4 Å². The van der Waals surface area contributed by atoms with Crippen molar-refractivity contribution in [3.63, 3.8) is 0 Å². The molecule has 1 atom stereocenters. The molecule has 0 bridgehead atoms. The molecule has 0 radical (unpaired) electrons. The molecule has 1 unspecified atom stereocenters. The number of rotatable bonds is 7. The number of allylic oxidation sites excluding steroid dienone is 1. The summed E-state index contributed by atoms with van der Waals surface area (Å²) in [7, 11) is 0. The minimum atomic E-state index is -0.633. The molecule has 0 aliphatic carbocycles. The molecular weight excluding hydrogens is 353 g/mol. The van der Waals surface area contributed by atoms with Crippen LogP contribution in [0, 0.1) is 11.7 Å². The topological polar surface area (TPSA) is 42.4 Å². The second-order valence-electron chi connectivity index (χ2n) is 7.30. The van der Waals surface area contributed by atoms with E-state index in [0.29, 0.717) is 18.1 Å². The summed E-state index contributed by atoms with van der Waals surface area (Å²) >= 11 is 0. The zero-order valence-corrected chi connectivity index (χ0v) is 16.4. The normalized spacial score (nSPS) is 17.1. The van der Waals surface area contributed by atoms with Crippen molar-refractivity contribution in [2.75, 3.05) is 6.61 Å². The van der Waals surface area contributed by atoms with E-state index in [1.54, 1.807) is 12.3 Å². The molecule has 0 saturated carbocycles. The lowest BCUT2D eigenvalue weighted by molar-refractivity contribution is 0.117. The van der Waals surface area contributed by atoms with Gasteiger partial charge >= 0.3 is 0 Å². The summed E-state index contributed by atoms with van der Waals surface area (Å²) in [6.07, 6.45) is 7.32. The summed E-state index contributed by atoms with van der Waals surface area (Å²) in [5, 5.41) is 9.43. The van der Waals surface area contributed by atoms with Crippen LogP contribution in [0.25, 0.3) is 11.6 Å². The first kappa shape index (κ1) is 20.0. The maximum Gasteiger partial charge on any atom is 0.165 e. The molecule has 0 saturated heterocycles. The van der Waals surface area contributed by atoms with E-state index in [4.69, 9.17) is 4.74 Å². The summed E-state index contributed by atoms with van der Waals surface area (Å²) in [5.74, 6) is -0.606. The fraction of sp³-hybridized carbons (Fsp3) is 0.292. The number of phenolic OH excluding ortho intramolecular Hbond substituents is 1. The molecule has 3 rings (SSSR count). The van der Waals surface area contributed by atoms with E-state index in [0.717, 1.165) is 29.7 Å². The molecule has 3 nitrogen and oxygen atoms in total. The Morgan fingerprint density at radius 3 is 2.86 bits per heavy atom. The summed E-state index contributed by atoms with van der Waals surface area (Å²) in [4.78, 5) is 4.46. The van der Waals surface area contributed by atoms with Gasteiger partial charge in [-0.1, -0.05) is 38.6 Å². The third-order valence-electron chi connectivity index (χ3n) is 5.00. The third-order valence-corrected chi connectivity index (χ3v) is 5.00. The number of hydrogen-bond donors (Lipinski definition) is 1. The van der Waals surface area contributed by atoms with Crippen molar-refractivity contribution in [2.24, 2.45) is 5.92 Å². The Labute approximate surface area is 165 Å². The smallest absolute Gasteiger partial charge is 0.165 e. The summed E-state index contributed by atoms with van der Waals surface area (Å²) in [6.45, 7) is 9.10. The Hall–Kier alpha value is -2.72. The van der Waals surface area contributed by atoms with Gasteiger partial charge in [0.15, 0.2) is 11.6 Å². The van der Waals surface area contributed by atoms with E-state index in [-0.39, 0.29) is 11.9 Å². The molecule has 2 heterocycles. The van der Waals surface area contributed by atoms with Crippen molar-refractivity contribution < 1.29 is 14.2 Å². The average molecular weight is 379 g/mol. The van der Waals surface area contributed by atoms with Gasteiger partial charge in [-0.25, -0.2) is 4.39 Å². The van der Waals surface area contributed by atoms with Crippen LogP contribution >= 0.6 is 0 Å². The molecule has 1 N–H and O–H groups in total. The van der Waals surface area contributed by atoms with Crippen molar-refractivity contribution in [1.82, 2.24) is 4.98 Å². The fourth-order valence-corrected chi connectivity index (χ4v) is 3.31. The second kappa shape index (κ2) is 8.98. The molecule has 1 aromatic heterocycles. The largest absolute Gasteiger partial charge is 0.505 e. The Morgan fingerprint density at radius 2 is 2.18 bits per heavy atom. The maximum atomic E-state index is 13.7. The Kier molecular flexibility index (Phi) is 6.42. The first-order valence-corrected chi connectivity index (χ1v) is 9.57. The predicted molar refractivity (Wildman–Crippen MR) is 111 cm³/mol. The summed E-state index contributed by atoms with van der Waals surface area (Å²) < 4.78 is 19.7. The number of phenols is 1. The van der Waals surface area contributed by atoms with E-state index in [1.807, 2.05) is 24.3 Å². The average Bonchev–Trinajstić information content (AvgIpc) is 3.16. The zero-order chi connectivity index (χ0) is 20.1. The molecule has 2 aromatic rings. The molecule has 1 aliphatic rings. The molecule has 1 aliphatic heterocycles. The highest BCUT2D eigenvalue weighted by atomic mass is 19.1. The van der Waals surface area contributed by atoms with Crippen LogP contribution in [-0.4, -0.2) is 22.8 Å². The highest BCUT2D eigenvalue weighted by molar-refractivity contribution is 5.80. The van der Waals surface area contributed by atoms with E-state index in [2.05, 4.69) is 31.5 Å². The minimum Gasteiger partial charge on any atom is -0.505 e. The van der Waals surface area contributed by atoms with Gasteiger partial charge in [0.05, 0.1) is 18.4 Å². The van der Waals surface area contributed by atoms with Crippen molar-refractivity contribution in [3.05, 3.63) is 83.5 Å². The van der Waals surface area contributed by atoms with E-state index < -0.39 is 5.82 Å². The Balaban J connectivity index is 1.83. The minimum absolute atomic E-state index is 0.0126. The zero-order valence-electron chi connectivity index (χ0n) is 16.4. The molecular formula is C24H26FNO2. The molecule has 28 heavy (non-hydrogen) atoms. The van der Waals surface area contributed by atoms with Crippen LogP contribution < -0.4 is 0 Å². The monoisotopic (exact) mass is 379 g/mol. The van der Waals surface area contributed by atoms with Crippen LogP contribution in [0.2, 0.25) is 0 Å². The highest BCUT2D eigenvalue weighted by Gasteiger charge is 2.23. The summed E-state index contributed by atoms with van der Waals surface area (Å²) in [5.41, 5.74) is 4.83. The molecule has 1 aromatic carbocycles. The van der Waals surface area contributed by atoms with Gasteiger partial charge in [-0.15, -0.1) is 0 Å². The lowest BCUT2D eigenvalue weighted by atomic mass is 9.90. The van der Waals surface area contributed by atoms with Gasteiger partial charge in [-0.3, -0.25) is 4.98 Å². The first-order valence-electron chi connectivity index (χ1n) is 9.57. The lowest BCUT2D eigenvalue weighted by Crippen LogP contribution is -2.13. The molecule has 4 heteroatoms. The summed E-state index contributed by atoms with van der Waals surface area (Å²) in [6, 6.07) is 10.1. The SMILES string of the molecule is C=C(C1=CCOC1CC/C(=C/c1ccc(O)c(F)c1)c1ccccn1)C(C)C. The van der Waals surface area contributed by atoms with Crippen LogP contribution in [0.4, 0.5) is 4.39 Å². The van der Waals surface area contributed by atoms with Gasteiger partial charge in [0.25, 0.3) is 0 Å². The lowest BCUT2D eigenvalue weighted by Gasteiger charge is -2.19. The standard InChI is InChI=1S/C24H26FNO2/c1-16(2)17(3)20-11-13-28-24(20)10-8-19(22-6-4-5-12-26-22)14-18-7-9-23(27)21(25)15-18/h4-7,9,11-12,14-16,24,27H,3,8,10,13H2,1-2H3/b19-14-. The second-order valence-corrected chi connectivity index (χ2v) is 7.30.